The lowest BCUT2D eigenvalue weighted by Gasteiger charge is -2.08. The van der Waals surface area contributed by atoms with E-state index in [4.69, 9.17) is 5.14 Å². The smallest absolute Gasteiger partial charge is 0.279 e. The number of nitro groups is 1. The molecule has 0 unspecified atom stereocenters. The Morgan fingerprint density at radius 3 is 2.04 bits per heavy atom. The number of nitro benzene ring substituents is 1. The normalized spacial score (nSPS) is 11.9. The Morgan fingerprint density at radius 1 is 0.957 bits per heavy atom. The van der Waals surface area contributed by atoms with Crippen LogP contribution in [0.1, 0.15) is 0 Å². The van der Waals surface area contributed by atoms with Crippen LogP contribution >= 0.6 is 0 Å². The van der Waals surface area contributed by atoms with Gasteiger partial charge in [0.25, 0.3) is 15.7 Å². The first-order chi connectivity index (χ1) is 10.6. The van der Waals surface area contributed by atoms with Gasteiger partial charge in [-0.25, -0.2) is 22.0 Å². The summed E-state index contributed by atoms with van der Waals surface area (Å²) in [5.41, 5.74) is -0.531. The first-order valence-electron chi connectivity index (χ1n) is 6.00. The van der Waals surface area contributed by atoms with E-state index in [9.17, 15) is 26.9 Å². The van der Waals surface area contributed by atoms with Crippen molar-refractivity contribution >= 4 is 31.4 Å². The lowest BCUT2D eigenvalue weighted by atomic mass is 10.3. The number of nitrogens with zero attached hydrogens (tertiary/aromatic N) is 1. The molecule has 9 nitrogen and oxygen atoms in total. The second kappa shape index (κ2) is 5.95. The molecular formula is C12H11N3O6S2. The number of hydrogen-bond acceptors (Lipinski definition) is 6. The molecule has 0 aliphatic heterocycles. The van der Waals surface area contributed by atoms with E-state index >= 15 is 0 Å². The van der Waals surface area contributed by atoms with E-state index in [0.29, 0.717) is 0 Å². The van der Waals surface area contributed by atoms with E-state index in [-0.39, 0.29) is 10.6 Å². The molecule has 0 heterocycles. The number of benzene rings is 2. The first-order valence-corrected chi connectivity index (χ1v) is 9.03. The maximum atomic E-state index is 12.3. The summed E-state index contributed by atoms with van der Waals surface area (Å²) in [5, 5.41) is 15.8. The molecule has 23 heavy (non-hydrogen) atoms. The quantitative estimate of drug-likeness (QED) is 0.603. The standard InChI is InChI=1S/C12H11N3O6S2/c13-22(18,19)10-7-5-9(6-8-10)14-23(20,21)12-4-2-1-3-11(12)15(16)17/h1-8,14H,(H2,13,18,19). The van der Waals surface area contributed by atoms with Crippen molar-refractivity contribution in [3.63, 3.8) is 0 Å². The van der Waals surface area contributed by atoms with Crippen molar-refractivity contribution < 1.29 is 21.8 Å². The summed E-state index contributed by atoms with van der Waals surface area (Å²) in [4.78, 5) is 9.41. The van der Waals surface area contributed by atoms with Crippen LogP contribution in [-0.4, -0.2) is 21.8 Å². The number of rotatable bonds is 5. The van der Waals surface area contributed by atoms with Crippen LogP contribution in [0.5, 0.6) is 0 Å². The molecule has 11 heteroatoms. The summed E-state index contributed by atoms with van der Waals surface area (Å²) >= 11 is 0. The molecule has 0 saturated heterocycles. The molecule has 0 aliphatic rings. The first kappa shape index (κ1) is 16.9. The zero-order valence-corrected chi connectivity index (χ0v) is 13.0. The van der Waals surface area contributed by atoms with Gasteiger partial charge in [-0.1, -0.05) is 12.1 Å². The molecule has 0 aliphatic carbocycles. The molecule has 0 bridgehead atoms. The van der Waals surface area contributed by atoms with E-state index in [1.807, 2.05) is 0 Å². The Labute approximate surface area is 132 Å². The van der Waals surface area contributed by atoms with Gasteiger partial charge in [0.2, 0.25) is 10.0 Å². The number of sulfonamides is 2. The van der Waals surface area contributed by atoms with E-state index in [1.54, 1.807) is 0 Å². The molecule has 0 fully saturated rings. The number of hydrogen-bond donors (Lipinski definition) is 2. The van der Waals surface area contributed by atoms with Crippen molar-refractivity contribution in [1.29, 1.82) is 0 Å². The molecule has 2 aromatic carbocycles. The Kier molecular flexibility index (Phi) is 4.36. The largest absolute Gasteiger partial charge is 0.289 e. The maximum absolute atomic E-state index is 12.3. The van der Waals surface area contributed by atoms with Crippen LogP contribution in [0.3, 0.4) is 0 Å². The van der Waals surface area contributed by atoms with Crippen LogP contribution < -0.4 is 9.86 Å². The van der Waals surface area contributed by atoms with E-state index in [0.717, 1.165) is 24.3 Å². The minimum atomic E-state index is -4.21. The summed E-state index contributed by atoms with van der Waals surface area (Å²) in [6.07, 6.45) is 0. The van der Waals surface area contributed by atoms with Gasteiger partial charge < -0.3 is 0 Å². The van der Waals surface area contributed by atoms with Crippen LogP contribution in [0.25, 0.3) is 0 Å². The monoisotopic (exact) mass is 357 g/mol. The van der Waals surface area contributed by atoms with Gasteiger partial charge in [0, 0.05) is 11.8 Å². The van der Waals surface area contributed by atoms with Gasteiger partial charge in [-0.15, -0.1) is 0 Å². The lowest BCUT2D eigenvalue weighted by Crippen LogP contribution is -2.15. The summed E-state index contributed by atoms with van der Waals surface area (Å²) in [5.74, 6) is 0. The fourth-order valence-corrected chi connectivity index (χ4v) is 3.51. The average Bonchev–Trinajstić information content (AvgIpc) is 2.46. The number of primary sulfonamides is 1. The molecule has 0 radical (unpaired) electrons. The van der Waals surface area contributed by atoms with Crippen molar-refractivity contribution in [1.82, 2.24) is 0 Å². The third-order valence-electron chi connectivity index (χ3n) is 2.79. The van der Waals surface area contributed by atoms with Crippen LogP contribution in [-0.2, 0) is 20.0 Å². The number of nitrogens with one attached hydrogen (secondary N) is 1. The predicted molar refractivity (Wildman–Crippen MR) is 81.7 cm³/mol. The second-order valence-electron chi connectivity index (χ2n) is 4.40. The Bertz CT molecular complexity index is 953. The summed E-state index contributed by atoms with van der Waals surface area (Å²) in [6.45, 7) is 0. The highest BCUT2D eigenvalue weighted by atomic mass is 32.2. The molecule has 0 saturated carbocycles. The molecular weight excluding hydrogens is 346 g/mol. The summed E-state index contributed by atoms with van der Waals surface area (Å²) < 4.78 is 48.9. The third-order valence-corrected chi connectivity index (χ3v) is 5.14. The Balaban J connectivity index is 2.38. The highest BCUT2D eigenvalue weighted by Gasteiger charge is 2.25. The van der Waals surface area contributed by atoms with Gasteiger partial charge in [-0.05, 0) is 30.3 Å². The molecule has 2 aromatic rings. The fraction of sp³-hybridized carbons (Fsp3) is 0. The molecule has 0 atom stereocenters. The van der Waals surface area contributed by atoms with Gasteiger partial charge >= 0.3 is 0 Å². The minimum Gasteiger partial charge on any atom is -0.279 e. The summed E-state index contributed by atoms with van der Waals surface area (Å²) in [7, 11) is -8.11. The van der Waals surface area contributed by atoms with Gasteiger partial charge in [-0.3, -0.25) is 14.8 Å². The lowest BCUT2D eigenvalue weighted by molar-refractivity contribution is -0.387. The number of para-hydroxylation sites is 1. The van der Waals surface area contributed by atoms with Gasteiger partial charge in [0.05, 0.1) is 9.82 Å². The van der Waals surface area contributed by atoms with Gasteiger partial charge in [0.15, 0.2) is 4.90 Å². The van der Waals surface area contributed by atoms with Crippen LogP contribution in [0.2, 0.25) is 0 Å². The Hall–Kier alpha value is -2.50. The van der Waals surface area contributed by atoms with Crippen molar-refractivity contribution in [2.24, 2.45) is 5.14 Å². The topological polar surface area (TPSA) is 149 Å². The molecule has 3 N–H and O–H groups in total. The van der Waals surface area contributed by atoms with Crippen molar-refractivity contribution in [2.45, 2.75) is 9.79 Å². The van der Waals surface area contributed by atoms with Crippen molar-refractivity contribution in [3.8, 4) is 0 Å². The van der Waals surface area contributed by atoms with Crippen LogP contribution in [0, 0.1) is 10.1 Å². The number of anilines is 1. The maximum Gasteiger partial charge on any atom is 0.289 e. The molecule has 122 valence electrons. The molecule has 0 amide bonds. The molecule has 2 rings (SSSR count). The number of nitrogens with two attached hydrogens (primary N) is 1. The van der Waals surface area contributed by atoms with Crippen molar-refractivity contribution in [2.75, 3.05) is 4.72 Å². The zero-order valence-electron chi connectivity index (χ0n) is 11.4. The highest BCUT2D eigenvalue weighted by Crippen LogP contribution is 2.25. The second-order valence-corrected chi connectivity index (χ2v) is 7.61. The summed E-state index contributed by atoms with van der Waals surface area (Å²) in [6, 6.07) is 9.47. The SMILES string of the molecule is NS(=O)(=O)c1ccc(NS(=O)(=O)c2ccccc2[N+](=O)[O-])cc1. The van der Waals surface area contributed by atoms with E-state index in [1.165, 1.54) is 24.3 Å². The fourth-order valence-electron chi connectivity index (χ4n) is 1.76. The van der Waals surface area contributed by atoms with Gasteiger partial charge in [-0.2, -0.15) is 0 Å². The van der Waals surface area contributed by atoms with E-state index in [2.05, 4.69) is 4.72 Å². The van der Waals surface area contributed by atoms with Crippen LogP contribution in [0.4, 0.5) is 11.4 Å². The van der Waals surface area contributed by atoms with Crippen molar-refractivity contribution in [3.05, 3.63) is 58.6 Å². The third kappa shape index (κ3) is 3.83. The predicted octanol–water partition coefficient (Wildman–Crippen LogP) is 1.04. The Morgan fingerprint density at radius 2 is 1.52 bits per heavy atom. The zero-order chi connectivity index (χ0) is 17.3. The highest BCUT2D eigenvalue weighted by molar-refractivity contribution is 7.92. The molecule has 0 spiro atoms. The van der Waals surface area contributed by atoms with Gasteiger partial charge in [0.1, 0.15) is 0 Å². The molecule has 0 aromatic heterocycles. The van der Waals surface area contributed by atoms with Crippen LogP contribution in [0.15, 0.2) is 58.3 Å². The minimum absolute atomic E-state index is 0.0375. The van der Waals surface area contributed by atoms with E-state index < -0.39 is 35.6 Å². The average molecular weight is 357 g/mol.